The van der Waals surface area contributed by atoms with Gasteiger partial charge in [0.2, 0.25) is 0 Å². The predicted octanol–water partition coefficient (Wildman–Crippen LogP) is 3.92. The summed E-state index contributed by atoms with van der Waals surface area (Å²) in [7, 11) is 3.28. The molecule has 2 aromatic rings. The summed E-state index contributed by atoms with van der Waals surface area (Å²) in [6.07, 6.45) is 0. The highest BCUT2D eigenvalue weighted by atomic mass is 79.9. The molecule has 6 heteroatoms. The van der Waals surface area contributed by atoms with Crippen molar-refractivity contribution in [3.63, 3.8) is 0 Å². The zero-order chi connectivity index (χ0) is 17.6. The average molecular weight is 407 g/mol. The van der Waals surface area contributed by atoms with Crippen LogP contribution in [-0.2, 0) is 11.3 Å². The van der Waals surface area contributed by atoms with Crippen molar-refractivity contribution in [3.05, 3.63) is 46.4 Å². The Morgan fingerprint density at radius 1 is 1.04 bits per heavy atom. The first-order chi connectivity index (χ1) is 12.2. The molecule has 1 saturated heterocycles. The molecular formula is C19H23BrN2O3. The summed E-state index contributed by atoms with van der Waals surface area (Å²) in [5.41, 5.74) is 3.43. The average Bonchev–Trinajstić information content (AvgIpc) is 2.68. The van der Waals surface area contributed by atoms with Crippen LogP contribution in [-0.4, -0.2) is 40.5 Å². The fraction of sp³-hybridized carbons (Fsp3) is 0.368. The monoisotopic (exact) mass is 406 g/mol. The van der Waals surface area contributed by atoms with Crippen LogP contribution in [0.25, 0.3) is 0 Å². The standard InChI is InChI=1S/C19H23BrN2O3/c1-23-18-11-14(17(20)12-19(18)24-2)13-21-15-3-5-16(6-4-15)22-7-9-25-10-8-22/h3-6,11-12,21H,7-10,13H2,1-2H3. The molecule has 0 aliphatic carbocycles. The number of hydrogen-bond donors (Lipinski definition) is 1. The summed E-state index contributed by atoms with van der Waals surface area (Å²) in [6.45, 7) is 4.19. The zero-order valence-corrected chi connectivity index (χ0v) is 16.1. The highest BCUT2D eigenvalue weighted by molar-refractivity contribution is 9.10. The van der Waals surface area contributed by atoms with Crippen LogP contribution in [0.2, 0.25) is 0 Å². The minimum absolute atomic E-state index is 0.692. The second-order valence-corrected chi connectivity index (χ2v) is 6.65. The SMILES string of the molecule is COc1cc(Br)c(CNc2ccc(N3CCOCC3)cc2)cc1OC. The first kappa shape index (κ1) is 17.9. The van der Waals surface area contributed by atoms with Crippen molar-refractivity contribution >= 4 is 27.3 Å². The third-order valence-corrected chi connectivity index (χ3v) is 5.02. The van der Waals surface area contributed by atoms with E-state index in [0.717, 1.165) is 47.8 Å². The summed E-state index contributed by atoms with van der Waals surface area (Å²) in [6, 6.07) is 12.4. The quantitative estimate of drug-likeness (QED) is 0.787. The summed E-state index contributed by atoms with van der Waals surface area (Å²) < 4.78 is 17.1. The molecule has 1 aliphatic heterocycles. The molecule has 0 amide bonds. The number of morpholine rings is 1. The Balaban J connectivity index is 1.65. The van der Waals surface area contributed by atoms with Crippen molar-refractivity contribution in [1.82, 2.24) is 0 Å². The molecule has 1 fully saturated rings. The summed E-state index contributed by atoms with van der Waals surface area (Å²) in [4.78, 5) is 2.35. The van der Waals surface area contributed by atoms with Crippen LogP contribution in [0.15, 0.2) is 40.9 Å². The minimum Gasteiger partial charge on any atom is -0.493 e. The second-order valence-electron chi connectivity index (χ2n) is 5.80. The number of benzene rings is 2. The molecule has 1 aliphatic rings. The lowest BCUT2D eigenvalue weighted by Gasteiger charge is -2.29. The normalized spacial score (nSPS) is 14.3. The summed E-state index contributed by atoms with van der Waals surface area (Å²) >= 11 is 3.59. The molecule has 5 nitrogen and oxygen atoms in total. The number of nitrogens with zero attached hydrogens (tertiary/aromatic N) is 1. The smallest absolute Gasteiger partial charge is 0.161 e. The van der Waals surface area contributed by atoms with E-state index in [1.165, 1.54) is 5.69 Å². The molecule has 0 saturated carbocycles. The topological polar surface area (TPSA) is 43.0 Å². The van der Waals surface area contributed by atoms with Crippen LogP contribution >= 0.6 is 15.9 Å². The van der Waals surface area contributed by atoms with Crippen LogP contribution in [0.5, 0.6) is 11.5 Å². The first-order valence-corrected chi connectivity index (χ1v) is 9.07. The van der Waals surface area contributed by atoms with Gasteiger partial charge in [0, 0.05) is 35.5 Å². The largest absolute Gasteiger partial charge is 0.493 e. The van der Waals surface area contributed by atoms with Gasteiger partial charge >= 0.3 is 0 Å². The van der Waals surface area contributed by atoms with Gasteiger partial charge in [-0.3, -0.25) is 0 Å². The molecule has 0 atom stereocenters. The lowest BCUT2D eigenvalue weighted by molar-refractivity contribution is 0.122. The number of hydrogen-bond acceptors (Lipinski definition) is 5. The van der Waals surface area contributed by atoms with Crippen LogP contribution in [0, 0.1) is 0 Å². The van der Waals surface area contributed by atoms with E-state index in [2.05, 4.69) is 50.4 Å². The van der Waals surface area contributed by atoms with E-state index in [-0.39, 0.29) is 0 Å². The van der Waals surface area contributed by atoms with Crippen molar-refractivity contribution in [2.45, 2.75) is 6.54 Å². The molecule has 0 radical (unpaired) electrons. The third kappa shape index (κ3) is 4.38. The number of rotatable bonds is 6. The van der Waals surface area contributed by atoms with Crippen LogP contribution < -0.4 is 19.7 Å². The van der Waals surface area contributed by atoms with E-state index in [0.29, 0.717) is 12.3 Å². The van der Waals surface area contributed by atoms with Gasteiger partial charge in [0.15, 0.2) is 11.5 Å². The van der Waals surface area contributed by atoms with Crippen molar-refractivity contribution in [3.8, 4) is 11.5 Å². The molecule has 2 aromatic carbocycles. The molecule has 1 heterocycles. The number of halogens is 1. The third-order valence-electron chi connectivity index (χ3n) is 4.28. The Morgan fingerprint density at radius 3 is 2.32 bits per heavy atom. The predicted molar refractivity (Wildman–Crippen MR) is 104 cm³/mol. The van der Waals surface area contributed by atoms with E-state index >= 15 is 0 Å². The van der Waals surface area contributed by atoms with Gasteiger partial charge in [-0.15, -0.1) is 0 Å². The number of methoxy groups -OCH3 is 2. The van der Waals surface area contributed by atoms with E-state index in [9.17, 15) is 0 Å². The fourth-order valence-corrected chi connectivity index (χ4v) is 3.30. The summed E-state index contributed by atoms with van der Waals surface area (Å²) in [5.74, 6) is 1.44. The Labute approximate surface area is 157 Å². The molecule has 25 heavy (non-hydrogen) atoms. The van der Waals surface area contributed by atoms with Crippen molar-refractivity contribution < 1.29 is 14.2 Å². The van der Waals surface area contributed by atoms with E-state index in [4.69, 9.17) is 14.2 Å². The minimum atomic E-state index is 0.692. The molecule has 0 spiro atoms. The van der Waals surface area contributed by atoms with Crippen molar-refractivity contribution in [1.29, 1.82) is 0 Å². The Bertz CT molecular complexity index is 701. The zero-order valence-electron chi connectivity index (χ0n) is 14.5. The van der Waals surface area contributed by atoms with Crippen molar-refractivity contribution in [2.24, 2.45) is 0 Å². The molecular weight excluding hydrogens is 384 g/mol. The summed E-state index contributed by atoms with van der Waals surface area (Å²) in [5, 5.41) is 3.45. The van der Waals surface area contributed by atoms with E-state index in [1.54, 1.807) is 14.2 Å². The van der Waals surface area contributed by atoms with Crippen molar-refractivity contribution in [2.75, 3.05) is 50.7 Å². The Kier molecular flexibility index (Phi) is 6.04. The highest BCUT2D eigenvalue weighted by Gasteiger charge is 2.11. The van der Waals surface area contributed by atoms with Gasteiger partial charge in [0.25, 0.3) is 0 Å². The van der Waals surface area contributed by atoms with Gasteiger partial charge in [0.05, 0.1) is 27.4 Å². The number of anilines is 2. The van der Waals surface area contributed by atoms with Gasteiger partial charge in [-0.05, 0) is 42.0 Å². The second kappa shape index (κ2) is 8.45. The van der Waals surface area contributed by atoms with Gasteiger partial charge in [-0.25, -0.2) is 0 Å². The van der Waals surface area contributed by atoms with E-state index in [1.807, 2.05) is 12.1 Å². The Morgan fingerprint density at radius 2 is 1.68 bits per heavy atom. The Hall–Kier alpha value is -1.92. The van der Waals surface area contributed by atoms with Gasteiger partial charge < -0.3 is 24.4 Å². The number of ether oxygens (including phenoxy) is 3. The lowest BCUT2D eigenvalue weighted by Crippen LogP contribution is -2.36. The van der Waals surface area contributed by atoms with Crippen LogP contribution in [0.1, 0.15) is 5.56 Å². The van der Waals surface area contributed by atoms with E-state index < -0.39 is 0 Å². The fourth-order valence-electron chi connectivity index (χ4n) is 2.84. The molecule has 0 aromatic heterocycles. The van der Waals surface area contributed by atoms with Gasteiger partial charge in [-0.1, -0.05) is 15.9 Å². The number of nitrogens with one attached hydrogen (secondary N) is 1. The maximum atomic E-state index is 5.40. The molecule has 134 valence electrons. The maximum absolute atomic E-state index is 5.40. The van der Waals surface area contributed by atoms with Gasteiger partial charge in [0.1, 0.15) is 0 Å². The molecule has 3 rings (SSSR count). The van der Waals surface area contributed by atoms with Crippen LogP contribution in [0.3, 0.4) is 0 Å². The highest BCUT2D eigenvalue weighted by Crippen LogP contribution is 2.33. The molecule has 0 bridgehead atoms. The molecule has 1 N–H and O–H groups in total. The maximum Gasteiger partial charge on any atom is 0.161 e. The molecule has 0 unspecified atom stereocenters. The lowest BCUT2D eigenvalue weighted by atomic mass is 10.2. The van der Waals surface area contributed by atoms with Gasteiger partial charge in [-0.2, -0.15) is 0 Å². The van der Waals surface area contributed by atoms with Crippen LogP contribution in [0.4, 0.5) is 11.4 Å². The first-order valence-electron chi connectivity index (χ1n) is 8.28.